The van der Waals surface area contributed by atoms with Gasteiger partial charge in [0, 0.05) is 29.1 Å². The van der Waals surface area contributed by atoms with Crippen LogP contribution < -0.4 is 10.1 Å². The number of nitrogens with one attached hydrogen (secondary N) is 1. The van der Waals surface area contributed by atoms with Gasteiger partial charge in [0.1, 0.15) is 15.6 Å². The summed E-state index contributed by atoms with van der Waals surface area (Å²) in [5.74, 6) is -0.615. The molecule has 2 aromatic carbocycles. The molecule has 35 heavy (non-hydrogen) atoms. The van der Waals surface area contributed by atoms with E-state index in [0.717, 1.165) is 21.7 Å². The van der Waals surface area contributed by atoms with Crippen molar-refractivity contribution in [3.05, 3.63) is 69.2 Å². The molecule has 0 aliphatic heterocycles. The smallest absolute Gasteiger partial charge is 0.333 e. The lowest BCUT2D eigenvalue weighted by atomic mass is 10.0. The number of carbonyl (C=O) groups excluding carboxylic acids is 1. The Hall–Kier alpha value is -2.94. The molecule has 0 spiro atoms. The molecule has 1 amide bonds. The first-order valence-electron chi connectivity index (χ1n) is 11.3. The maximum atomic E-state index is 13.0. The lowest BCUT2D eigenvalue weighted by Crippen LogP contribution is -2.29. The monoisotopic (exact) mass is 516 g/mol. The van der Waals surface area contributed by atoms with Crippen LogP contribution in [0.1, 0.15) is 47.3 Å². The van der Waals surface area contributed by atoms with Gasteiger partial charge in [0.25, 0.3) is 5.91 Å². The number of halogens is 1. The highest BCUT2D eigenvalue weighted by Crippen LogP contribution is 2.29. The summed E-state index contributed by atoms with van der Waals surface area (Å²) in [7, 11) is 0. The summed E-state index contributed by atoms with van der Waals surface area (Å²) in [6.07, 6.45) is -0.960. The highest BCUT2D eigenvalue weighted by molar-refractivity contribution is 7.17. The molecule has 0 bridgehead atoms. The standard InChI is InChI=1S/C26H29ClN2O5S/c1-5-33-21-11-6-17(13-22(26(31)32)34-15(2)3)12-19(21)14-28-24(30)23-16(4)29-25(35-23)18-7-9-20(27)10-8-18/h6-12,15,22H,5,13-14H2,1-4H3,(H,28,30)(H,31,32). The van der Waals surface area contributed by atoms with E-state index >= 15 is 0 Å². The van der Waals surface area contributed by atoms with Gasteiger partial charge in [-0.1, -0.05) is 35.9 Å². The van der Waals surface area contributed by atoms with Crippen molar-refractivity contribution in [2.45, 2.75) is 52.9 Å². The molecule has 9 heteroatoms. The van der Waals surface area contributed by atoms with Crippen LogP contribution in [0.2, 0.25) is 5.02 Å². The highest BCUT2D eigenvalue weighted by atomic mass is 35.5. The lowest BCUT2D eigenvalue weighted by molar-refractivity contribution is -0.153. The minimum atomic E-state index is -1.01. The number of aryl methyl sites for hydroxylation is 1. The SMILES string of the molecule is CCOc1ccc(CC(OC(C)C)C(=O)O)cc1CNC(=O)c1sc(-c2ccc(Cl)cc2)nc1C. The van der Waals surface area contributed by atoms with E-state index in [-0.39, 0.29) is 25.0 Å². The number of hydrogen-bond donors (Lipinski definition) is 2. The largest absolute Gasteiger partial charge is 0.494 e. The molecule has 1 unspecified atom stereocenters. The van der Waals surface area contributed by atoms with Crippen molar-refractivity contribution in [1.29, 1.82) is 0 Å². The van der Waals surface area contributed by atoms with Crippen LogP contribution in [0.5, 0.6) is 5.75 Å². The lowest BCUT2D eigenvalue weighted by Gasteiger charge is -2.18. The van der Waals surface area contributed by atoms with Gasteiger partial charge in [-0.05, 0) is 51.5 Å². The molecule has 3 rings (SSSR count). The zero-order chi connectivity index (χ0) is 25.5. The molecule has 1 heterocycles. The van der Waals surface area contributed by atoms with Crippen LogP contribution in [0.4, 0.5) is 0 Å². The van der Waals surface area contributed by atoms with E-state index < -0.39 is 12.1 Å². The zero-order valence-corrected chi connectivity index (χ0v) is 21.7. The number of nitrogens with zero attached hydrogens (tertiary/aromatic N) is 1. The van der Waals surface area contributed by atoms with Gasteiger partial charge in [0.2, 0.25) is 0 Å². The van der Waals surface area contributed by atoms with Gasteiger partial charge in [-0.2, -0.15) is 0 Å². The second-order valence-corrected chi connectivity index (χ2v) is 9.65. The second kappa shape index (κ2) is 12.2. The molecule has 2 N–H and O–H groups in total. The van der Waals surface area contributed by atoms with Crippen molar-refractivity contribution < 1.29 is 24.2 Å². The minimum Gasteiger partial charge on any atom is -0.494 e. The Bertz CT molecular complexity index is 1180. The van der Waals surface area contributed by atoms with Gasteiger partial charge in [0.05, 0.1) is 18.4 Å². The third-order valence-electron chi connectivity index (χ3n) is 5.09. The first-order chi connectivity index (χ1) is 16.7. The first-order valence-corrected chi connectivity index (χ1v) is 12.5. The minimum absolute atomic E-state index is 0.208. The van der Waals surface area contributed by atoms with Gasteiger partial charge in [-0.15, -0.1) is 11.3 Å². The third-order valence-corrected chi connectivity index (χ3v) is 6.55. The summed E-state index contributed by atoms with van der Waals surface area (Å²) in [4.78, 5) is 29.6. The van der Waals surface area contributed by atoms with Crippen molar-refractivity contribution in [3.63, 3.8) is 0 Å². The highest BCUT2D eigenvalue weighted by Gasteiger charge is 2.21. The molecule has 1 atom stereocenters. The molecular weight excluding hydrogens is 488 g/mol. The number of carboxylic acid groups (broad SMARTS) is 1. The van der Waals surface area contributed by atoms with Crippen LogP contribution in [0.15, 0.2) is 42.5 Å². The predicted octanol–water partition coefficient (Wildman–Crippen LogP) is 5.52. The summed E-state index contributed by atoms with van der Waals surface area (Å²) < 4.78 is 11.3. The van der Waals surface area contributed by atoms with Crippen LogP contribution in [-0.4, -0.2) is 40.8 Å². The Labute approximate surface area is 214 Å². The Morgan fingerprint density at radius 2 is 1.89 bits per heavy atom. The number of ether oxygens (including phenoxy) is 2. The first kappa shape index (κ1) is 26.7. The quantitative estimate of drug-likeness (QED) is 0.348. The van der Waals surface area contributed by atoms with E-state index in [0.29, 0.717) is 28.0 Å². The molecule has 0 aliphatic carbocycles. The average Bonchev–Trinajstić information content (AvgIpc) is 3.20. The summed E-state index contributed by atoms with van der Waals surface area (Å²) in [6.45, 7) is 7.97. The van der Waals surface area contributed by atoms with E-state index in [4.69, 9.17) is 21.1 Å². The van der Waals surface area contributed by atoms with Crippen molar-refractivity contribution in [2.24, 2.45) is 0 Å². The number of aromatic nitrogens is 1. The number of amides is 1. The Morgan fingerprint density at radius 1 is 1.17 bits per heavy atom. The molecule has 0 saturated heterocycles. The fourth-order valence-corrected chi connectivity index (χ4v) is 4.62. The van der Waals surface area contributed by atoms with Gasteiger partial charge >= 0.3 is 5.97 Å². The maximum Gasteiger partial charge on any atom is 0.333 e. The van der Waals surface area contributed by atoms with Gasteiger partial charge in [0.15, 0.2) is 6.10 Å². The number of rotatable bonds is 11. The van der Waals surface area contributed by atoms with Crippen molar-refractivity contribution >= 4 is 34.8 Å². The van der Waals surface area contributed by atoms with Crippen molar-refractivity contribution in [1.82, 2.24) is 10.3 Å². The van der Waals surface area contributed by atoms with E-state index in [1.807, 2.05) is 31.2 Å². The molecule has 0 fully saturated rings. The van der Waals surface area contributed by atoms with Crippen molar-refractivity contribution in [3.8, 4) is 16.3 Å². The number of hydrogen-bond acceptors (Lipinski definition) is 6. The predicted molar refractivity (Wildman–Crippen MR) is 137 cm³/mol. The van der Waals surface area contributed by atoms with E-state index in [9.17, 15) is 14.7 Å². The van der Waals surface area contributed by atoms with Gasteiger partial charge < -0.3 is 19.9 Å². The molecule has 0 radical (unpaired) electrons. The molecular formula is C26H29ClN2O5S. The number of carbonyl (C=O) groups is 2. The van der Waals surface area contributed by atoms with E-state index in [2.05, 4.69) is 10.3 Å². The van der Waals surface area contributed by atoms with Gasteiger partial charge in [-0.3, -0.25) is 4.79 Å². The van der Waals surface area contributed by atoms with Crippen LogP contribution in [-0.2, 0) is 22.5 Å². The molecule has 0 saturated carbocycles. The molecule has 0 aliphatic rings. The average molecular weight is 517 g/mol. The van der Waals surface area contributed by atoms with Crippen LogP contribution >= 0.6 is 22.9 Å². The number of benzene rings is 2. The number of carboxylic acids is 1. The zero-order valence-electron chi connectivity index (χ0n) is 20.1. The van der Waals surface area contributed by atoms with Crippen LogP contribution in [0.25, 0.3) is 10.6 Å². The Kier molecular flexibility index (Phi) is 9.26. The maximum absolute atomic E-state index is 13.0. The normalized spacial score (nSPS) is 11.9. The fraction of sp³-hybridized carbons (Fsp3) is 0.346. The fourth-order valence-electron chi connectivity index (χ4n) is 3.51. The molecule has 1 aromatic heterocycles. The Morgan fingerprint density at radius 3 is 2.51 bits per heavy atom. The second-order valence-electron chi connectivity index (χ2n) is 8.21. The van der Waals surface area contributed by atoms with Gasteiger partial charge in [-0.25, -0.2) is 9.78 Å². The van der Waals surface area contributed by atoms with Crippen LogP contribution in [0, 0.1) is 6.92 Å². The van der Waals surface area contributed by atoms with Crippen molar-refractivity contribution in [2.75, 3.05) is 6.61 Å². The van der Waals surface area contributed by atoms with Crippen LogP contribution in [0.3, 0.4) is 0 Å². The summed E-state index contributed by atoms with van der Waals surface area (Å²) in [5, 5.41) is 13.8. The third kappa shape index (κ3) is 7.27. The Balaban J connectivity index is 1.76. The van der Waals surface area contributed by atoms with E-state index in [1.165, 1.54) is 11.3 Å². The number of thiazole rings is 1. The molecule has 7 nitrogen and oxygen atoms in total. The summed E-state index contributed by atoms with van der Waals surface area (Å²) in [5.41, 5.74) is 3.08. The topological polar surface area (TPSA) is 97.8 Å². The summed E-state index contributed by atoms with van der Waals surface area (Å²) >= 11 is 7.29. The molecule has 186 valence electrons. The summed E-state index contributed by atoms with van der Waals surface area (Å²) in [6, 6.07) is 12.8. The number of aliphatic carboxylic acids is 1. The van der Waals surface area contributed by atoms with E-state index in [1.54, 1.807) is 39.0 Å². The molecule has 3 aromatic rings.